The van der Waals surface area contributed by atoms with E-state index in [1.165, 1.54) is 6.07 Å². The zero-order valence-corrected chi connectivity index (χ0v) is 13.6. The lowest BCUT2D eigenvalue weighted by atomic mass is 10.0. The van der Waals surface area contributed by atoms with E-state index in [9.17, 15) is 15.2 Å². The van der Waals surface area contributed by atoms with E-state index in [1.54, 1.807) is 25.1 Å². The maximum Gasteiger partial charge on any atom is 0.266 e. The first-order valence-corrected chi connectivity index (χ1v) is 7.72. The number of aromatic amines is 1. The number of aromatic hydroxyl groups is 1. The third kappa shape index (κ3) is 3.54. The second kappa shape index (κ2) is 6.93. The van der Waals surface area contributed by atoms with Gasteiger partial charge < -0.3 is 14.8 Å². The van der Waals surface area contributed by atoms with Crippen LogP contribution in [0.15, 0.2) is 59.4 Å². The van der Waals surface area contributed by atoms with Crippen LogP contribution < -0.4 is 10.3 Å². The zero-order valence-electron chi connectivity index (χ0n) is 13.6. The molecule has 0 saturated heterocycles. The summed E-state index contributed by atoms with van der Waals surface area (Å²) in [5, 5.41) is 19.3. The molecule has 0 saturated carbocycles. The van der Waals surface area contributed by atoms with Gasteiger partial charge in [0.1, 0.15) is 18.2 Å². The predicted molar refractivity (Wildman–Crippen MR) is 94.4 cm³/mol. The minimum atomic E-state index is -0.433. The molecule has 0 fully saturated rings. The molecule has 0 unspecified atom stereocenters. The van der Waals surface area contributed by atoms with E-state index in [0.29, 0.717) is 29.2 Å². The Balaban J connectivity index is 1.98. The van der Waals surface area contributed by atoms with Crippen LogP contribution >= 0.6 is 0 Å². The van der Waals surface area contributed by atoms with Gasteiger partial charge in [-0.25, -0.2) is 0 Å². The van der Waals surface area contributed by atoms with E-state index in [4.69, 9.17) is 4.74 Å². The molecule has 1 aromatic heterocycles. The molecule has 25 heavy (non-hydrogen) atoms. The van der Waals surface area contributed by atoms with E-state index >= 15 is 0 Å². The number of hydrogen-bond acceptors (Lipinski definition) is 4. The van der Waals surface area contributed by atoms with Crippen LogP contribution in [-0.4, -0.2) is 10.1 Å². The molecule has 124 valence electrons. The number of phenolic OH excluding ortho intramolecular Hbond substituents is 1. The van der Waals surface area contributed by atoms with E-state index in [2.05, 4.69) is 4.98 Å². The van der Waals surface area contributed by atoms with E-state index < -0.39 is 5.56 Å². The van der Waals surface area contributed by atoms with Crippen LogP contribution in [0, 0.1) is 18.3 Å². The van der Waals surface area contributed by atoms with Gasteiger partial charge in [0.05, 0.1) is 0 Å². The number of hydrogen-bond donors (Lipinski definition) is 2. The van der Waals surface area contributed by atoms with Crippen molar-refractivity contribution in [2.45, 2.75) is 13.5 Å². The summed E-state index contributed by atoms with van der Waals surface area (Å²) in [6.45, 7) is 2.05. The van der Waals surface area contributed by atoms with Crippen molar-refractivity contribution >= 4 is 0 Å². The van der Waals surface area contributed by atoms with Crippen molar-refractivity contribution < 1.29 is 9.84 Å². The number of nitrogens with one attached hydrogen (secondary N) is 1. The van der Waals surface area contributed by atoms with Crippen LogP contribution in [0.5, 0.6) is 11.5 Å². The summed E-state index contributed by atoms with van der Waals surface area (Å²) in [5.74, 6) is 0.294. The molecule has 0 aliphatic rings. The van der Waals surface area contributed by atoms with Gasteiger partial charge in [0.15, 0.2) is 11.5 Å². The monoisotopic (exact) mass is 332 g/mol. The highest BCUT2D eigenvalue weighted by atomic mass is 16.5. The summed E-state index contributed by atoms with van der Waals surface area (Å²) in [7, 11) is 0. The maximum atomic E-state index is 12.0. The fourth-order valence-corrected chi connectivity index (χ4v) is 2.56. The first-order valence-electron chi connectivity index (χ1n) is 7.72. The minimum absolute atomic E-state index is 0.000230. The van der Waals surface area contributed by atoms with Crippen molar-refractivity contribution in [3.05, 3.63) is 81.8 Å². The third-order valence-corrected chi connectivity index (χ3v) is 3.79. The normalized spacial score (nSPS) is 10.2. The molecule has 0 aliphatic heterocycles. The summed E-state index contributed by atoms with van der Waals surface area (Å²) < 4.78 is 5.70. The first-order chi connectivity index (χ1) is 12.1. The maximum absolute atomic E-state index is 12.0. The van der Waals surface area contributed by atoms with Gasteiger partial charge in [0.2, 0.25) is 0 Å². The Hall–Kier alpha value is -3.52. The summed E-state index contributed by atoms with van der Waals surface area (Å²) in [4.78, 5) is 14.6. The van der Waals surface area contributed by atoms with Crippen LogP contribution in [0.2, 0.25) is 0 Å². The Labute approximate surface area is 144 Å². The van der Waals surface area contributed by atoms with E-state index in [0.717, 1.165) is 5.56 Å². The van der Waals surface area contributed by atoms with Gasteiger partial charge in [-0.1, -0.05) is 36.4 Å². The van der Waals surface area contributed by atoms with E-state index in [1.807, 2.05) is 36.4 Å². The standard InChI is InChI=1S/C20H16N2O3/c1-13-9-16(17(11-21)20(24)22-13)15-7-8-18(23)19(10-15)25-12-14-5-3-2-4-6-14/h2-10,23H,12H2,1H3,(H,22,24). The highest BCUT2D eigenvalue weighted by Gasteiger charge is 2.13. The lowest BCUT2D eigenvalue weighted by Gasteiger charge is -2.11. The second-order valence-corrected chi connectivity index (χ2v) is 5.64. The first kappa shape index (κ1) is 16.3. The number of aryl methyl sites for hydroxylation is 1. The van der Waals surface area contributed by atoms with Crippen LogP contribution in [0.25, 0.3) is 11.1 Å². The van der Waals surface area contributed by atoms with E-state index in [-0.39, 0.29) is 11.3 Å². The smallest absolute Gasteiger partial charge is 0.266 e. The molecule has 5 nitrogen and oxygen atoms in total. The van der Waals surface area contributed by atoms with Crippen molar-refractivity contribution in [2.24, 2.45) is 0 Å². The summed E-state index contributed by atoms with van der Waals surface area (Å²) in [5.41, 5.74) is 2.36. The number of H-pyrrole nitrogens is 1. The molecule has 0 spiro atoms. The van der Waals surface area contributed by atoms with Gasteiger partial charge in [0, 0.05) is 11.3 Å². The van der Waals surface area contributed by atoms with Gasteiger partial charge in [0.25, 0.3) is 5.56 Å². The number of aromatic nitrogens is 1. The van der Waals surface area contributed by atoms with Gasteiger partial charge in [-0.15, -0.1) is 0 Å². The van der Waals surface area contributed by atoms with Crippen LogP contribution in [0.3, 0.4) is 0 Å². The number of nitrogens with zero attached hydrogens (tertiary/aromatic N) is 1. The molecular formula is C20H16N2O3. The molecule has 1 heterocycles. The fraction of sp³-hybridized carbons (Fsp3) is 0.100. The largest absolute Gasteiger partial charge is 0.504 e. The Kier molecular flexibility index (Phi) is 4.53. The SMILES string of the molecule is Cc1cc(-c2ccc(O)c(OCc3ccccc3)c2)c(C#N)c(=O)[nH]1. The Morgan fingerprint density at radius 2 is 1.92 bits per heavy atom. The molecule has 0 atom stereocenters. The second-order valence-electron chi connectivity index (χ2n) is 5.64. The number of pyridine rings is 1. The number of benzene rings is 2. The fourth-order valence-electron chi connectivity index (χ4n) is 2.56. The Morgan fingerprint density at radius 3 is 2.64 bits per heavy atom. The zero-order chi connectivity index (χ0) is 17.8. The molecule has 0 bridgehead atoms. The van der Waals surface area contributed by atoms with Crippen molar-refractivity contribution in [1.82, 2.24) is 4.98 Å². The van der Waals surface area contributed by atoms with Crippen LogP contribution in [0.1, 0.15) is 16.8 Å². The van der Waals surface area contributed by atoms with Gasteiger partial charge in [-0.05, 0) is 36.2 Å². The Morgan fingerprint density at radius 1 is 1.16 bits per heavy atom. The molecule has 5 heteroatoms. The lowest BCUT2D eigenvalue weighted by molar-refractivity contribution is 0.289. The van der Waals surface area contributed by atoms with Crippen LogP contribution in [-0.2, 0) is 6.61 Å². The predicted octanol–water partition coefficient (Wildman–Crippen LogP) is 3.51. The molecule has 0 amide bonds. The quantitative estimate of drug-likeness (QED) is 0.765. The number of rotatable bonds is 4. The summed E-state index contributed by atoms with van der Waals surface area (Å²) >= 11 is 0. The molecule has 0 radical (unpaired) electrons. The third-order valence-electron chi connectivity index (χ3n) is 3.79. The molecule has 0 aliphatic carbocycles. The highest BCUT2D eigenvalue weighted by Crippen LogP contribution is 2.33. The molecule has 3 aromatic rings. The van der Waals surface area contributed by atoms with Crippen molar-refractivity contribution in [3.63, 3.8) is 0 Å². The highest BCUT2D eigenvalue weighted by molar-refractivity contribution is 5.72. The summed E-state index contributed by atoms with van der Waals surface area (Å²) in [6.07, 6.45) is 0. The lowest BCUT2D eigenvalue weighted by Crippen LogP contribution is -2.12. The molecular weight excluding hydrogens is 316 g/mol. The van der Waals surface area contributed by atoms with Crippen LogP contribution in [0.4, 0.5) is 0 Å². The molecule has 2 N–H and O–H groups in total. The van der Waals surface area contributed by atoms with Crippen molar-refractivity contribution in [3.8, 4) is 28.7 Å². The minimum Gasteiger partial charge on any atom is -0.504 e. The molecule has 2 aromatic carbocycles. The average Bonchev–Trinajstić information content (AvgIpc) is 2.61. The number of ether oxygens (including phenoxy) is 1. The van der Waals surface area contributed by atoms with Crippen molar-refractivity contribution in [2.75, 3.05) is 0 Å². The van der Waals surface area contributed by atoms with Gasteiger partial charge >= 0.3 is 0 Å². The molecule has 3 rings (SSSR count). The number of phenols is 1. The number of nitriles is 1. The van der Waals surface area contributed by atoms with Crippen molar-refractivity contribution in [1.29, 1.82) is 5.26 Å². The average molecular weight is 332 g/mol. The topological polar surface area (TPSA) is 86.1 Å². The Bertz CT molecular complexity index is 1000. The van der Waals surface area contributed by atoms with Gasteiger partial charge in [-0.2, -0.15) is 5.26 Å². The van der Waals surface area contributed by atoms with Gasteiger partial charge in [-0.3, -0.25) is 4.79 Å². The summed E-state index contributed by atoms with van der Waals surface area (Å²) in [6, 6.07) is 18.0.